The third-order valence-electron chi connectivity index (χ3n) is 2.83. The summed E-state index contributed by atoms with van der Waals surface area (Å²) >= 11 is 0. The summed E-state index contributed by atoms with van der Waals surface area (Å²) in [5.41, 5.74) is 3.02. The number of methoxy groups -OCH3 is 2. The monoisotopic (exact) mass is 259 g/mol. The van der Waals surface area contributed by atoms with Gasteiger partial charge < -0.3 is 14.8 Å². The third-order valence-corrected chi connectivity index (χ3v) is 2.83. The number of aromatic nitrogens is 2. The largest absolute Gasteiger partial charge is 0.493 e. The van der Waals surface area contributed by atoms with Crippen molar-refractivity contribution in [3.05, 3.63) is 42.0 Å². The van der Waals surface area contributed by atoms with E-state index >= 15 is 0 Å². The second kappa shape index (κ2) is 6.04. The van der Waals surface area contributed by atoms with Crippen molar-refractivity contribution < 1.29 is 9.47 Å². The van der Waals surface area contributed by atoms with E-state index in [0.29, 0.717) is 12.3 Å². The van der Waals surface area contributed by atoms with Gasteiger partial charge in [-0.3, -0.25) is 0 Å². The molecule has 0 aliphatic rings. The Balaban J connectivity index is 2.16. The molecule has 0 spiro atoms. The van der Waals surface area contributed by atoms with E-state index in [1.54, 1.807) is 26.7 Å². The van der Waals surface area contributed by atoms with Gasteiger partial charge in [-0.1, -0.05) is 0 Å². The van der Waals surface area contributed by atoms with Crippen LogP contribution >= 0.6 is 0 Å². The number of aryl methyl sites for hydroxylation is 1. The van der Waals surface area contributed by atoms with Crippen molar-refractivity contribution in [2.75, 3.05) is 19.5 Å². The highest BCUT2D eigenvalue weighted by Gasteiger charge is 2.08. The van der Waals surface area contributed by atoms with Gasteiger partial charge >= 0.3 is 0 Å². The molecule has 5 nitrogen and oxygen atoms in total. The predicted molar refractivity (Wildman–Crippen MR) is 73.6 cm³/mol. The van der Waals surface area contributed by atoms with Crippen LogP contribution in [0.15, 0.2) is 30.7 Å². The minimum absolute atomic E-state index is 0.638. The minimum Gasteiger partial charge on any atom is -0.493 e. The smallest absolute Gasteiger partial charge is 0.162 e. The predicted octanol–water partition coefficient (Wildman–Crippen LogP) is 2.41. The lowest BCUT2D eigenvalue weighted by atomic mass is 10.1. The van der Waals surface area contributed by atoms with Crippen molar-refractivity contribution in [2.45, 2.75) is 13.5 Å². The van der Waals surface area contributed by atoms with E-state index < -0.39 is 0 Å². The summed E-state index contributed by atoms with van der Waals surface area (Å²) < 4.78 is 10.6. The average molecular weight is 259 g/mol. The van der Waals surface area contributed by atoms with Gasteiger partial charge in [0.15, 0.2) is 11.5 Å². The molecule has 0 atom stereocenters. The van der Waals surface area contributed by atoms with Crippen LogP contribution < -0.4 is 14.8 Å². The Labute approximate surface area is 112 Å². The molecule has 0 fully saturated rings. The molecule has 0 aliphatic heterocycles. The summed E-state index contributed by atoms with van der Waals surface area (Å²) in [6.07, 6.45) is 3.27. The van der Waals surface area contributed by atoms with Crippen molar-refractivity contribution >= 4 is 5.69 Å². The van der Waals surface area contributed by atoms with Gasteiger partial charge in [-0.25, -0.2) is 9.97 Å². The Hall–Kier alpha value is -2.30. The molecule has 1 aromatic carbocycles. The van der Waals surface area contributed by atoms with E-state index in [0.717, 1.165) is 22.7 Å². The number of nitrogens with one attached hydrogen (secondary N) is 1. The Kier molecular flexibility index (Phi) is 4.18. The van der Waals surface area contributed by atoms with Crippen molar-refractivity contribution in [3.8, 4) is 11.5 Å². The van der Waals surface area contributed by atoms with Gasteiger partial charge in [-0.2, -0.15) is 0 Å². The van der Waals surface area contributed by atoms with Crippen LogP contribution in [0.5, 0.6) is 11.5 Å². The van der Waals surface area contributed by atoms with Gasteiger partial charge in [0.25, 0.3) is 0 Å². The number of hydrogen-bond donors (Lipinski definition) is 1. The van der Waals surface area contributed by atoms with Crippen molar-refractivity contribution in [3.63, 3.8) is 0 Å². The van der Waals surface area contributed by atoms with Crippen LogP contribution in [0.25, 0.3) is 0 Å². The molecule has 19 heavy (non-hydrogen) atoms. The molecule has 2 aromatic rings. The molecule has 0 bridgehead atoms. The fourth-order valence-electron chi connectivity index (χ4n) is 1.78. The zero-order valence-corrected chi connectivity index (χ0v) is 11.3. The molecule has 5 heteroatoms. The summed E-state index contributed by atoms with van der Waals surface area (Å²) in [5.74, 6) is 1.44. The number of ether oxygens (including phenoxy) is 2. The molecule has 2 rings (SSSR count). The zero-order valence-electron chi connectivity index (χ0n) is 11.3. The molecule has 0 saturated carbocycles. The van der Waals surface area contributed by atoms with Crippen molar-refractivity contribution in [1.29, 1.82) is 0 Å². The Morgan fingerprint density at radius 2 is 1.89 bits per heavy atom. The molecular weight excluding hydrogens is 242 g/mol. The minimum atomic E-state index is 0.638. The molecule has 1 N–H and O–H groups in total. The fourth-order valence-corrected chi connectivity index (χ4v) is 1.78. The van der Waals surface area contributed by atoms with Crippen molar-refractivity contribution in [1.82, 2.24) is 9.97 Å². The number of benzene rings is 1. The van der Waals surface area contributed by atoms with Gasteiger partial charge in [0.1, 0.15) is 6.33 Å². The molecule has 0 unspecified atom stereocenters. The Bertz CT molecular complexity index is 544. The maximum atomic E-state index is 5.29. The molecule has 0 aliphatic carbocycles. The Morgan fingerprint density at radius 3 is 2.53 bits per heavy atom. The van der Waals surface area contributed by atoms with Crippen LogP contribution in [0.3, 0.4) is 0 Å². The number of rotatable bonds is 5. The molecule has 0 amide bonds. The van der Waals surface area contributed by atoms with E-state index in [9.17, 15) is 0 Å². The van der Waals surface area contributed by atoms with E-state index in [2.05, 4.69) is 15.3 Å². The first kappa shape index (κ1) is 13.1. The lowest BCUT2D eigenvalue weighted by molar-refractivity contribution is 0.355. The normalized spacial score (nSPS) is 10.1. The average Bonchev–Trinajstić information content (AvgIpc) is 2.46. The van der Waals surface area contributed by atoms with Gasteiger partial charge in [0.2, 0.25) is 0 Å². The van der Waals surface area contributed by atoms with Crippen LogP contribution in [0, 0.1) is 6.92 Å². The standard InChI is InChI=1S/C14H17N3O2/c1-10-6-13(18-2)14(19-3)7-12(10)16-8-11-4-5-15-9-17-11/h4-7,9,16H,8H2,1-3H3. The molecule has 0 saturated heterocycles. The quantitative estimate of drug-likeness (QED) is 0.893. The summed E-state index contributed by atoms with van der Waals surface area (Å²) in [5, 5.41) is 3.33. The van der Waals surface area contributed by atoms with E-state index in [4.69, 9.17) is 9.47 Å². The molecule has 100 valence electrons. The summed E-state index contributed by atoms with van der Waals surface area (Å²) in [6, 6.07) is 5.75. The SMILES string of the molecule is COc1cc(C)c(NCc2ccncn2)cc1OC. The van der Waals surface area contributed by atoms with Gasteiger partial charge in [-0.05, 0) is 24.6 Å². The van der Waals surface area contributed by atoms with Crippen LogP contribution in [-0.4, -0.2) is 24.2 Å². The van der Waals surface area contributed by atoms with E-state index in [1.807, 2.05) is 25.1 Å². The Morgan fingerprint density at radius 1 is 1.16 bits per heavy atom. The second-order valence-electron chi connectivity index (χ2n) is 4.08. The summed E-state index contributed by atoms with van der Waals surface area (Å²) in [7, 11) is 3.26. The summed E-state index contributed by atoms with van der Waals surface area (Å²) in [6.45, 7) is 2.66. The fraction of sp³-hybridized carbons (Fsp3) is 0.286. The van der Waals surface area contributed by atoms with Crippen molar-refractivity contribution in [2.24, 2.45) is 0 Å². The topological polar surface area (TPSA) is 56.3 Å². The maximum absolute atomic E-state index is 5.29. The first-order chi connectivity index (χ1) is 9.24. The third kappa shape index (κ3) is 3.13. The van der Waals surface area contributed by atoms with E-state index in [1.165, 1.54) is 0 Å². The molecule has 0 radical (unpaired) electrons. The lowest BCUT2D eigenvalue weighted by Crippen LogP contribution is -2.04. The zero-order chi connectivity index (χ0) is 13.7. The molecule has 1 heterocycles. The van der Waals surface area contributed by atoms with E-state index in [-0.39, 0.29) is 0 Å². The van der Waals surface area contributed by atoms with Gasteiger partial charge in [0.05, 0.1) is 26.5 Å². The molecule has 1 aromatic heterocycles. The molecular formula is C14H17N3O2. The van der Waals surface area contributed by atoms with Crippen LogP contribution in [0.2, 0.25) is 0 Å². The van der Waals surface area contributed by atoms with Gasteiger partial charge in [-0.15, -0.1) is 0 Å². The second-order valence-corrected chi connectivity index (χ2v) is 4.08. The maximum Gasteiger partial charge on any atom is 0.162 e. The van der Waals surface area contributed by atoms with Crippen LogP contribution in [-0.2, 0) is 6.54 Å². The first-order valence-corrected chi connectivity index (χ1v) is 5.96. The number of anilines is 1. The summed E-state index contributed by atoms with van der Waals surface area (Å²) in [4.78, 5) is 8.06. The van der Waals surface area contributed by atoms with Gasteiger partial charge in [0, 0.05) is 18.0 Å². The number of nitrogens with zero attached hydrogens (tertiary/aromatic N) is 2. The lowest BCUT2D eigenvalue weighted by Gasteiger charge is -2.14. The van der Waals surface area contributed by atoms with Crippen LogP contribution in [0.1, 0.15) is 11.3 Å². The highest BCUT2D eigenvalue weighted by atomic mass is 16.5. The first-order valence-electron chi connectivity index (χ1n) is 5.96. The highest BCUT2D eigenvalue weighted by molar-refractivity contribution is 5.60. The van der Waals surface area contributed by atoms with Crippen LogP contribution in [0.4, 0.5) is 5.69 Å². The highest BCUT2D eigenvalue weighted by Crippen LogP contribution is 2.32. The number of hydrogen-bond acceptors (Lipinski definition) is 5.